The van der Waals surface area contributed by atoms with Crippen molar-refractivity contribution in [2.45, 2.75) is 37.5 Å². The maximum Gasteiger partial charge on any atom is 0.407 e. The van der Waals surface area contributed by atoms with Crippen molar-refractivity contribution in [3.8, 4) is 11.1 Å². The zero-order chi connectivity index (χ0) is 25.5. The van der Waals surface area contributed by atoms with E-state index >= 15 is 0 Å². The molecule has 0 saturated carbocycles. The lowest BCUT2D eigenvalue weighted by molar-refractivity contribution is -0.145. The molecular weight excluding hydrogens is 450 g/mol. The number of alkyl carbamates (subject to hydrolysis) is 1. The van der Waals surface area contributed by atoms with Gasteiger partial charge >= 0.3 is 12.1 Å². The minimum Gasteiger partial charge on any atom is -0.480 e. The van der Waals surface area contributed by atoms with Crippen molar-refractivity contribution in [3.63, 3.8) is 0 Å². The third-order valence-electron chi connectivity index (χ3n) is 6.22. The fraction of sp³-hybridized carbons (Fsp3) is 0.423. The molecule has 0 aromatic heterocycles. The average Bonchev–Trinajstić information content (AvgIpc) is 3.16. The largest absolute Gasteiger partial charge is 0.480 e. The van der Waals surface area contributed by atoms with Crippen molar-refractivity contribution in [1.82, 2.24) is 15.5 Å². The Morgan fingerprint density at radius 3 is 2.09 bits per heavy atom. The molecule has 2 aromatic rings. The van der Waals surface area contributed by atoms with E-state index in [1.54, 1.807) is 6.92 Å². The Balaban J connectivity index is 1.68. The van der Waals surface area contributed by atoms with E-state index in [9.17, 15) is 19.5 Å². The highest BCUT2D eigenvalue weighted by atomic mass is 16.5. The van der Waals surface area contributed by atoms with Crippen LogP contribution in [0, 0.1) is 0 Å². The zero-order valence-corrected chi connectivity index (χ0v) is 20.5. The number of methoxy groups -OCH3 is 1. The van der Waals surface area contributed by atoms with Crippen LogP contribution in [0.5, 0.6) is 0 Å². The minimum absolute atomic E-state index is 0.110. The number of carbonyl (C=O) groups excluding carboxylic acids is 2. The Morgan fingerprint density at radius 2 is 1.57 bits per heavy atom. The normalized spacial score (nSPS) is 15.0. The van der Waals surface area contributed by atoms with Crippen LogP contribution in [0.4, 0.5) is 4.79 Å². The summed E-state index contributed by atoms with van der Waals surface area (Å²) in [5.74, 6) is -1.95. The fourth-order valence-corrected chi connectivity index (χ4v) is 4.21. The van der Waals surface area contributed by atoms with Crippen LogP contribution in [0.25, 0.3) is 11.1 Å². The van der Waals surface area contributed by atoms with Gasteiger partial charge in [-0.1, -0.05) is 48.5 Å². The second-order valence-electron chi connectivity index (χ2n) is 8.88. The molecule has 35 heavy (non-hydrogen) atoms. The monoisotopic (exact) mass is 483 g/mol. The quantitative estimate of drug-likeness (QED) is 0.449. The van der Waals surface area contributed by atoms with Crippen molar-refractivity contribution in [2.75, 3.05) is 34.4 Å². The number of rotatable bonds is 11. The molecule has 3 rings (SSSR count). The first-order chi connectivity index (χ1) is 16.7. The van der Waals surface area contributed by atoms with Crippen molar-refractivity contribution >= 4 is 18.0 Å². The summed E-state index contributed by atoms with van der Waals surface area (Å²) < 4.78 is 10.6. The molecule has 0 fully saturated rings. The highest BCUT2D eigenvalue weighted by molar-refractivity contribution is 5.89. The molecule has 3 N–H and O–H groups in total. The van der Waals surface area contributed by atoms with Gasteiger partial charge in [-0.2, -0.15) is 0 Å². The van der Waals surface area contributed by atoms with E-state index in [1.165, 1.54) is 7.11 Å². The number of amides is 2. The van der Waals surface area contributed by atoms with Gasteiger partial charge in [-0.15, -0.1) is 0 Å². The first-order valence-electron chi connectivity index (χ1n) is 11.5. The standard InChI is InChI=1S/C26H33N3O6/c1-16(34-4)23(25(31)32)28-24(30)22(13-14-29(2)3)27-26(33)35-15-21-19-11-7-5-9-17(19)18-10-6-8-12-20(18)21/h5-12,16,21-23H,13-15H2,1-4H3,(H,27,33)(H,28,30)(H,31,32)/t16-,22?,23+/m1/s1. The highest BCUT2D eigenvalue weighted by Crippen LogP contribution is 2.44. The van der Waals surface area contributed by atoms with Crippen LogP contribution >= 0.6 is 0 Å². The number of ether oxygens (including phenoxy) is 2. The molecule has 0 aliphatic heterocycles. The number of carboxylic acids is 1. The molecule has 2 aromatic carbocycles. The molecule has 0 bridgehead atoms. The lowest BCUT2D eigenvalue weighted by Gasteiger charge is -2.25. The smallest absolute Gasteiger partial charge is 0.407 e. The maximum absolute atomic E-state index is 12.9. The molecule has 1 unspecified atom stereocenters. The van der Waals surface area contributed by atoms with Gasteiger partial charge in [0.1, 0.15) is 12.6 Å². The number of nitrogens with one attached hydrogen (secondary N) is 2. The Kier molecular flexibility index (Phi) is 8.84. The van der Waals surface area contributed by atoms with Gasteiger partial charge in [-0.25, -0.2) is 9.59 Å². The molecule has 1 aliphatic carbocycles. The molecule has 9 nitrogen and oxygen atoms in total. The zero-order valence-electron chi connectivity index (χ0n) is 20.5. The molecule has 0 saturated heterocycles. The third kappa shape index (κ3) is 6.37. The summed E-state index contributed by atoms with van der Waals surface area (Å²) >= 11 is 0. The third-order valence-corrected chi connectivity index (χ3v) is 6.22. The van der Waals surface area contributed by atoms with E-state index < -0.39 is 36.2 Å². The molecule has 1 aliphatic rings. The summed E-state index contributed by atoms with van der Waals surface area (Å²) in [7, 11) is 5.05. The van der Waals surface area contributed by atoms with Gasteiger partial charge in [-0.05, 0) is 56.2 Å². The van der Waals surface area contributed by atoms with Crippen LogP contribution < -0.4 is 10.6 Å². The Bertz CT molecular complexity index is 1010. The van der Waals surface area contributed by atoms with Crippen molar-refractivity contribution in [2.24, 2.45) is 0 Å². The minimum atomic E-state index is -1.25. The predicted octanol–water partition coefficient (Wildman–Crippen LogP) is 2.45. The maximum atomic E-state index is 12.9. The molecule has 188 valence electrons. The summed E-state index contributed by atoms with van der Waals surface area (Å²) in [6, 6.07) is 13.8. The van der Waals surface area contributed by atoms with Gasteiger partial charge in [0.2, 0.25) is 5.91 Å². The molecule has 0 heterocycles. The number of hydrogen-bond donors (Lipinski definition) is 3. The fourth-order valence-electron chi connectivity index (χ4n) is 4.21. The topological polar surface area (TPSA) is 117 Å². The number of benzene rings is 2. The summed E-state index contributed by atoms with van der Waals surface area (Å²) in [6.07, 6.45) is -1.21. The Morgan fingerprint density at radius 1 is 1.00 bits per heavy atom. The van der Waals surface area contributed by atoms with Gasteiger partial charge in [0.05, 0.1) is 6.10 Å². The van der Waals surface area contributed by atoms with Crippen molar-refractivity contribution in [1.29, 1.82) is 0 Å². The van der Waals surface area contributed by atoms with E-state index in [0.29, 0.717) is 6.54 Å². The molecule has 2 amide bonds. The van der Waals surface area contributed by atoms with E-state index in [4.69, 9.17) is 9.47 Å². The van der Waals surface area contributed by atoms with Crippen molar-refractivity contribution < 1.29 is 29.0 Å². The summed E-state index contributed by atoms with van der Waals surface area (Å²) in [5.41, 5.74) is 4.40. The van der Waals surface area contributed by atoms with Gasteiger partial charge in [0.25, 0.3) is 0 Å². The van der Waals surface area contributed by atoms with Gasteiger partial charge in [-0.3, -0.25) is 4.79 Å². The van der Waals surface area contributed by atoms with Crippen LogP contribution in [0.2, 0.25) is 0 Å². The molecular formula is C26H33N3O6. The average molecular weight is 484 g/mol. The highest BCUT2D eigenvalue weighted by Gasteiger charge is 2.32. The number of hydrogen-bond acceptors (Lipinski definition) is 6. The van der Waals surface area contributed by atoms with Gasteiger partial charge in [0, 0.05) is 13.0 Å². The summed E-state index contributed by atoms with van der Waals surface area (Å²) in [6.45, 7) is 2.16. The van der Waals surface area contributed by atoms with Crippen LogP contribution in [-0.2, 0) is 19.1 Å². The van der Waals surface area contributed by atoms with Crippen LogP contribution in [0.1, 0.15) is 30.4 Å². The number of carboxylic acid groups (broad SMARTS) is 1. The lowest BCUT2D eigenvalue weighted by Crippen LogP contribution is -2.55. The van der Waals surface area contributed by atoms with Gasteiger partial charge < -0.3 is 30.1 Å². The molecule has 0 spiro atoms. The second-order valence-corrected chi connectivity index (χ2v) is 8.88. The first-order valence-corrected chi connectivity index (χ1v) is 11.5. The summed E-state index contributed by atoms with van der Waals surface area (Å²) in [5, 5.41) is 14.5. The predicted molar refractivity (Wildman–Crippen MR) is 131 cm³/mol. The van der Waals surface area contributed by atoms with Crippen LogP contribution in [-0.4, -0.2) is 80.5 Å². The van der Waals surface area contributed by atoms with Crippen LogP contribution in [0.15, 0.2) is 48.5 Å². The summed E-state index contributed by atoms with van der Waals surface area (Å²) in [4.78, 5) is 39.1. The lowest BCUT2D eigenvalue weighted by atomic mass is 9.98. The van der Waals surface area contributed by atoms with Gasteiger partial charge in [0.15, 0.2) is 6.04 Å². The van der Waals surface area contributed by atoms with Crippen molar-refractivity contribution in [3.05, 3.63) is 59.7 Å². The number of aliphatic carboxylic acids is 1. The molecule has 3 atom stereocenters. The second kappa shape index (κ2) is 11.8. The number of nitrogens with zero attached hydrogens (tertiary/aromatic N) is 1. The number of carbonyl (C=O) groups is 3. The number of fused-ring (bicyclic) bond motifs is 3. The van der Waals surface area contributed by atoms with E-state index in [0.717, 1.165) is 22.3 Å². The van der Waals surface area contributed by atoms with Crippen LogP contribution in [0.3, 0.4) is 0 Å². The Labute approximate surface area is 205 Å². The first kappa shape index (κ1) is 26.2. The van der Waals surface area contributed by atoms with E-state index in [2.05, 4.69) is 22.8 Å². The van der Waals surface area contributed by atoms with E-state index in [1.807, 2.05) is 55.4 Å². The molecule has 9 heteroatoms. The van der Waals surface area contributed by atoms with E-state index in [-0.39, 0.29) is 18.9 Å². The SMILES string of the molecule is CO[C@H](C)[C@H](NC(=O)C(CCN(C)C)NC(=O)OCC1c2ccccc2-c2ccccc21)C(=O)O. The molecule has 0 radical (unpaired) electrons. The Hall–Kier alpha value is -3.43.